The highest BCUT2D eigenvalue weighted by Crippen LogP contribution is 2.35. The number of ether oxygens (including phenoxy) is 2. The van der Waals surface area contributed by atoms with Crippen LogP contribution in [0.3, 0.4) is 0 Å². The van der Waals surface area contributed by atoms with Gasteiger partial charge in [0.2, 0.25) is 16.7 Å². The quantitative estimate of drug-likeness (QED) is 0.648. The minimum atomic E-state index is -1.12. The lowest BCUT2D eigenvalue weighted by atomic mass is 10.1. The van der Waals surface area contributed by atoms with E-state index in [0.717, 1.165) is 36.4 Å². The van der Waals surface area contributed by atoms with Crippen molar-refractivity contribution in [3.63, 3.8) is 0 Å². The number of halogens is 2. The van der Waals surface area contributed by atoms with E-state index < -0.39 is 22.8 Å². The van der Waals surface area contributed by atoms with Crippen LogP contribution in [0.15, 0.2) is 28.1 Å². The van der Waals surface area contributed by atoms with Crippen LogP contribution in [0.1, 0.15) is 31.4 Å². The zero-order chi connectivity index (χ0) is 22.1. The molecule has 0 radical (unpaired) electrons. The van der Waals surface area contributed by atoms with E-state index in [1.54, 1.807) is 0 Å². The van der Waals surface area contributed by atoms with Crippen LogP contribution in [0.5, 0.6) is 5.75 Å². The summed E-state index contributed by atoms with van der Waals surface area (Å²) in [6.07, 6.45) is 3.48. The van der Waals surface area contributed by atoms with E-state index in [1.807, 2.05) is 0 Å². The lowest BCUT2D eigenvalue weighted by molar-refractivity contribution is 0.135. The molecular formula is C22H24F2N4O3S. The molecule has 0 bridgehead atoms. The first-order chi connectivity index (χ1) is 15.6. The summed E-state index contributed by atoms with van der Waals surface area (Å²) in [7, 11) is 0. The predicted octanol–water partition coefficient (Wildman–Crippen LogP) is 3.35. The number of aliphatic imine (C=N–C) groups is 1. The largest absolute Gasteiger partial charge is 0.611 e. The van der Waals surface area contributed by atoms with Gasteiger partial charge in [0.15, 0.2) is 11.6 Å². The molecule has 3 aliphatic rings. The summed E-state index contributed by atoms with van der Waals surface area (Å²) in [4.78, 5) is 16.9. The molecule has 170 valence electrons. The van der Waals surface area contributed by atoms with Crippen LogP contribution in [0.4, 0.5) is 20.5 Å². The van der Waals surface area contributed by atoms with Gasteiger partial charge in [-0.3, -0.25) is 0 Å². The van der Waals surface area contributed by atoms with E-state index in [4.69, 9.17) is 24.4 Å². The summed E-state index contributed by atoms with van der Waals surface area (Å²) in [5.41, 5.74) is 1.84. The molecule has 2 aromatic rings. The number of aromatic nitrogens is 2. The molecule has 0 aliphatic carbocycles. The molecule has 32 heavy (non-hydrogen) atoms. The minimum Gasteiger partial charge on any atom is -0.611 e. The second-order valence-electron chi connectivity index (χ2n) is 8.09. The van der Waals surface area contributed by atoms with Gasteiger partial charge in [-0.1, -0.05) is 0 Å². The number of rotatable bonds is 4. The first-order valence-electron chi connectivity index (χ1n) is 10.9. The van der Waals surface area contributed by atoms with Gasteiger partial charge >= 0.3 is 0 Å². The van der Waals surface area contributed by atoms with Crippen LogP contribution >= 0.6 is 0 Å². The molecule has 0 spiro atoms. The van der Waals surface area contributed by atoms with Crippen molar-refractivity contribution in [3.05, 3.63) is 35.5 Å². The fourth-order valence-corrected chi connectivity index (χ4v) is 5.46. The number of aryl methyl sites for hydroxylation is 1. The van der Waals surface area contributed by atoms with Gasteiger partial charge in [0.05, 0.1) is 13.2 Å². The first kappa shape index (κ1) is 21.5. The van der Waals surface area contributed by atoms with Gasteiger partial charge in [0.1, 0.15) is 23.3 Å². The van der Waals surface area contributed by atoms with E-state index in [2.05, 4.69) is 4.90 Å². The summed E-state index contributed by atoms with van der Waals surface area (Å²) in [6.45, 7) is 2.63. The van der Waals surface area contributed by atoms with Crippen LogP contribution in [0.25, 0.3) is 0 Å². The van der Waals surface area contributed by atoms with Crippen molar-refractivity contribution in [2.75, 3.05) is 37.0 Å². The van der Waals surface area contributed by atoms with E-state index in [0.29, 0.717) is 73.7 Å². The van der Waals surface area contributed by atoms with E-state index in [1.165, 1.54) is 6.07 Å². The zero-order valence-corrected chi connectivity index (χ0v) is 18.4. The average molecular weight is 463 g/mol. The summed E-state index contributed by atoms with van der Waals surface area (Å²) in [5.74, 6) is 0.203. The second-order valence-corrected chi connectivity index (χ2v) is 9.60. The Bertz CT molecular complexity index is 1020. The molecule has 4 heterocycles. The third-order valence-electron chi connectivity index (χ3n) is 5.91. The van der Waals surface area contributed by atoms with Gasteiger partial charge in [0, 0.05) is 57.0 Å². The topological polar surface area (TPSA) is 82.9 Å². The maximum Gasteiger partial charge on any atom is 0.227 e. The van der Waals surface area contributed by atoms with Crippen molar-refractivity contribution < 1.29 is 22.8 Å². The third-order valence-corrected chi connectivity index (χ3v) is 7.36. The van der Waals surface area contributed by atoms with Gasteiger partial charge in [-0.15, -0.1) is 0 Å². The maximum absolute atomic E-state index is 13.4. The lowest BCUT2D eigenvalue weighted by Gasteiger charge is -2.32. The summed E-state index contributed by atoms with van der Waals surface area (Å²) >= 11 is -1.12. The number of hydrogen-bond acceptors (Lipinski definition) is 7. The van der Waals surface area contributed by atoms with Crippen molar-refractivity contribution in [3.8, 4) is 5.75 Å². The summed E-state index contributed by atoms with van der Waals surface area (Å²) in [6, 6.07) is 3.59. The van der Waals surface area contributed by atoms with Crippen molar-refractivity contribution in [2.24, 2.45) is 4.99 Å². The molecule has 0 amide bonds. The highest BCUT2D eigenvalue weighted by molar-refractivity contribution is 7.91. The molecule has 1 aromatic carbocycles. The highest BCUT2D eigenvalue weighted by Gasteiger charge is 2.33. The van der Waals surface area contributed by atoms with Crippen molar-refractivity contribution in [1.29, 1.82) is 0 Å². The summed E-state index contributed by atoms with van der Waals surface area (Å²) in [5, 5.41) is 0. The molecular weight excluding hydrogens is 438 g/mol. The van der Waals surface area contributed by atoms with E-state index >= 15 is 0 Å². The van der Waals surface area contributed by atoms with Crippen molar-refractivity contribution in [2.45, 2.75) is 43.1 Å². The Morgan fingerprint density at radius 1 is 1.09 bits per heavy atom. The van der Waals surface area contributed by atoms with Crippen molar-refractivity contribution >= 4 is 28.7 Å². The number of benzene rings is 1. The van der Waals surface area contributed by atoms with E-state index in [-0.39, 0.29) is 6.10 Å². The molecule has 1 aromatic heterocycles. The van der Waals surface area contributed by atoms with Crippen LogP contribution in [-0.4, -0.2) is 58.4 Å². The standard InChI is InChI=1S/C22H24F2N4O3S/c23-17-2-1-16(13-18(17)24)31-15-3-8-28(9-4-15)22-26-19-7-12-32(29)20(19)21(27-22)25-14-5-10-30-11-6-14/h1-2,13,15H,3-12H2. The van der Waals surface area contributed by atoms with Crippen LogP contribution < -0.4 is 9.64 Å². The minimum absolute atomic E-state index is 0.0972. The number of hydrogen-bond donors (Lipinski definition) is 0. The SMILES string of the molecule is [O-][S+]1CCc2nc(N3CCC(Oc4ccc(F)c(F)c4)CC3)nc(N=C3CCOCC3)c21. The van der Waals surface area contributed by atoms with E-state index in [9.17, 15) is 13.3 Å². The molecule has 2 saturated heterocycles. The Morgan fingerprint density at radius 2 is 1.88 bits per heavy atom. The van der Waals surface area contributed by atoms with Gasteiger partial charge < -0.3 is 18.9 Å². The summed E-state index contributed by atoms with van der Waals surface area (Å²) < 4.78 is 50.3. The fraction of sp³-hybridized carbons (Fsp3) is 0.500. The normalized spacial score (nSPS) is 21.5. The smallest absolute Gasteiger partial charge is 0.227 e. The molecule has 0 saturated carbocycles. The predicted molar refractivity (Wildman–Crippen MR) is 116 cm³/mol. The molecule has 5 rings (SSSR count). The number of anilines is 1. The number of nitrogens with zero attached hydrogens (tertiary/aromatic N) is 4. The Labute approximate surface area is 188 Å². The lowest BCUT2D eigenvalue weighted by Crippen LogP contribution is -2.39. The molecule has 0 N–H and O–H groups in total. The maximum atomic E-state index is 13.4. The van der Waals surface area contributed by atoms with Crippen LogP contribution in [0, 0.1) is 11.6 Å². The molecule has 2 fully saturated rings. The van der Waals surface area contributed by atoms with Gasteiger partial charge in [-0.05, 0) is 23.3 Å². The molecule has 3 aliphatic heterocycles. The van der Waals surface area contributed by atoms with Gasteiger partial charge in [-0.25, -0.2) is 18.8 Å². The Morgan fingerprint density at radius 3 is 2.62 bits per heavy atom. The zero-order valence-electron chi connectivity index (χ0n) is 17.6. The number of fused-ring (bicyclic) bond motifs is 1. The fourth-order valence-electron chi connectivity index (χ4n) is 4.17. The van der Waals surface area contributed by atoms with Crippen molar-refractivity contribution in [1.82, 2.24) is 9.97 Å². The van der Waals surface area contributed by atoms with Gasteiger partial charge in [-0.2, -0.15) is 4.98 Å². The Kier molecular flexibility index (Phi) is 6.25. The average Bonchev–Trinajstić information content (AvgIpc) is 3.18. The van der Waals surface area contributed by atoms with Crippen LogP contribution in [-0.2, 0) is 22.3 Å². The second kappa shape index (κ2) is 9.29. The monoisotopic (exact) mass is 462 g/mol. The molecule has 7 nitrogen and oxygen atoms in total. The first-order valence-corrected chi connectivity index (χ1v) is 12.2. The Balaban J connectivity index is 1.31. The van der Waals surface area contributed by atoms with Gasteiger partial charge in [0.25, 0.3) is 0 Å². The number of piperidine rings is 1. The molecule has 10 heteroatoms. The molecule has 1 unspecified atom stereocenters. The Hall–Kier alpha value is -2.30. The highest BCUT2D eigenvalue weighted by atomic mass is 32.2. The van der Waals surface area contributed by atoms with Crippen LogP contribution in [0.2, 0.25) is 0 Å². The molecule has 1 atom stereocenters. The third kappa shape index (κ3) is 4.57.